The van der Waals surface area contributed by atoms with Crippen molar-refractivity contribution in [2.45, 2.75) is 86.2 Å². The number of aliphatic carboxylic acids is 2. The van der Waals surface area contributed by atoms with E-state index in [1.54, 1.807) is 0 Å². The number of nitrogens with zero attached hydrogens (tertiary/aromatic N) is 4. The molecule has 2 aliphatic rings. The zero-order valence-electron chi connectivity index (χ0n) is 25.9. The van der Waals surface area contributed by atoms with Gasteiger partial charge in [0.05, 0.1) is 6.10 Å². The van der Waals surface area contributed by atoms with Crippen LogP contribution < -0.4 is 25.7 Å². The number of hydrogen-bond donors (Lipinski definition) is 3. The van der Waals surface area contributed by atoms with Crippen LogP contribution >= 0.6 is 0 Å². The topological polar surface area (TPSA) is 151 Å². The molecule has 9 nitrogen and oxygen atoms in total. The Morgan fingerprint density at radius 2 is 1.30 bits per heavy atom. The molecule has 232 valence electrons. The van der Waals surface area contributed by atoms with E-state index in [2.05, 4.69) is 6.92 Å². The standard InChI is InChI=1S/C34H38N4O5.Fe/c1-7-20-17(3)24-14-29-33(43)34(6,8-2)30(38-29)16-25-19(5)22(10-12-32(41)42)28(37-25)15-27-21(9-11-31(39)40)18(4)23(36-27)13-26(20)35-24;/h13-16,33,43H,7-12H2,1-6H3,(H,39,40)(H,41,42);/q-4;+4/b23-13-,27-15-,29-14-,30-16-;/t33?,34-;/m1./s1. The van der Waals surface area contributed by atoms with Crippen molar-refractivity contribution in [3.63, 3.8) is 0 Å². The molecule has 44 heavy (non-hydrogen) atoms. The van der Waals surface area contributed by atoms with Crippen molar-refractivity contribution in [2.24, 2.45) is 5.41 Å². The molecule has 1 fully saturated rings. The van der Waals surface area contributed by atoms with Gasteiger partial charge in [-0.05, 0) is 46.5 Å². The predicted molar refractivity (Wildman–Crippen MR) is 165 cm³/mol. The van der Waals surface area contributed by atoms with Crippen LogP contribution in [-0.4, -0.2) is 33.4 Å². The van der Waals surface area contributed by atoms with Gasteiger partial charge in [-0.1, -0.05) is 78.5 Å². The molecule has 0 radical (unpaired) electrons. The van der Waals surface area contributed by atoms with Gasteiger partial charge in [0, 0.05) is 18.3 Å². The molecule has 5 rings (SSSR count). The summed E-state index contributed by atoms with van der Waals surface area (Å²) in [5, 5.41) is 36.7. The summed E-state index contributed by atoms with van der Waals surface area (Å²) in [5.74, 6) is -1.80. The van der Waals surface area contributed by atoms with Crippen LogP contribution in [0.5, 0.6) is 0 Å². The van der Waals surface area contributed by atoms with Gasteiger partial charge in [0.2, 0.25) is 0 Å². The van der Waals surface area contributed by atoms with Gasteiger partial charge >= 0.3 is 29.0 Å². The van der Waals surface area contributed by atoms with Gasteiger partial charge in [-0.25, -0.2) is 0 Å². The third-order valence-electron chi connectivity index (χ3n) is 9.25. The van der Waals surface area contributed by atoms with Crippen molar-refractivity contribution in [1.82, 2.24) is 15.0 Å². The second-order valence-corrected chi connectivity index (χ2v) is 11.8. The monoisotopic (exact) mass is 638 g/mol. The quantitative estimate of drug-likeness (QED) is 0.317. The van der Waals surface area contributed by atoms with Crippen LogP contribution in [0.2, 0.25) is 0 Å². The van der Waals surface area contributed by atoms with Gasteiger partial charge in [0.25, 0.3) is 0 Å². The van der Waals surface area contributed by atoms with E-state index < -0.39 is 23.5 Å². The van der Waals surface area contributed by atoms with E-state index in [9.17, 15) is 24.9 Å². The molecule has 2 aliphatic heterocycles. The minimum absolute atomic E-state index is 0. The van der Waals surface area contributed by atoms with Crippen LogP contribution in [0.1, 0.15) is 96.2 Å². The van der Waals surface area contributed by atoms with Crippen molar-refractivity contribution in [3.8, 4) is 0 Å². The summed E-state index contributed by atoms with van der Waals surface area (Å²) < 4.78 is 0. The summed E-state index contributed by atoms with van der Waals surface area (Å²) in [4.78, 5) is 38.0. The van der Waals surface area contributed by atoms with Crippen LogP contribution in [-0.2, 0) is 45.9 Å². The van der Waals surface area contributed by atoms with Crippen LogP contribution in [0, 0.1) is 26.2 Å². The number of hydrogen-bond acceptors (Lipinski definition) is 3. The van der Waals surface area contributed by atoms with E-state index in [-0.39, 0.29) is 36.3 Å². The Kier molecular flexibility index (Phi) is 9.59. The van der Waals surface area contributed by atoms with E-state index in [0.29, 0.717) is 46.3 Å². The predicted octanol–water partition coefficient (Wildman–Crippen LogP) is 3.60. The molecule has 1 saturated heterocycles. The zero-order chi connectivity index (χ0) is 31.2. The summed E-state index contributed by atoms with van der Waals surface area (Å²) in [6.07, 6.45) is 8.59. The number of aliphatic hydroxyl groups excluding tert-OH is 1. The Hall–Kier alpha value is -3.72. The Morgan fingerprint density at radius 3 is 1.89 bits per heavy atom. The van der Waals surface area contributed by atoms with Crippen LogP contribution in [0.4, 0.5) is 0 Å². The van der Waals surface area contributed by atoms with E-state index in [0.717, 1.165) is 51.2 Å². The molecule has 8 bridgehead atoms. The molecule has 0 aliphatic carbocycles. The summed E-state index contributed by atoms with van der Waals surface area (Å²) >= 11 is 0. The maximum absolute atomic E-state index is 11.6. The van der Waals surface area contributed by atoms with Gasteiger partial charge in [0.1, 0.15) is 0 Å². The maximum atomic E-state index is 11.6. The number of aliphatic hydroxyl groups is 1. The van der Waals surface area contributed by atoms with Gasteiger partial charge < -0.3 is 35.6 Å². The Bertz CT molecular complexity index is 1800. The first-order valence-corrected chi connectivity index (χ1v) is 14.8. The second-order valence-electron chi connectivity index (χ2n) is 11.8. The van der Waals surface area contributed by atoms with Crippen molar-refractivity contribution in [3.05, 3.63) is 83.6 Å². The van der Waals surface area contributed by atoms with Crippen LogP contribution in [0.3, 0.4) is 0 Å². The molecule has 3 aromatic rings. The Labute approximate surface area is 267 Å². The first-order valence-electron chi connectivity index (χ1n) is 14.8. The summed E-state index contributed by atoms with van der Waals surface area (Å²) in [6, 6.07) is 0. The molecule has 2 atom stereocenters. The fraction of sp³-hybridized carbons (Fsp3) is 0.412. The van der Waals surface area contributed by atoms with E-state index >= 15 is 0 Å². The van der Waals surface area contributed by atoms with E-state index in [4.69, 9.17) is 20.3 Å². The third-order valence-corrected chi connectivity index (χ3v) is 9.25. The molecule has 0 saturated carbocycles. The SMILES string of the molecule is CCc1c2[n-]c(c1C)/C=C1\[N-]/C(=C\c3[n-]c(c(CCC(=O)O)c3C)/C=c3\[n-]/c(c(C)c3CCC(=O)O)=C\2)[C@@](C)(CC)C1O.[Fe+4]. The molecular weight excluding hydrogens is 600 g/mol. The molecule has 3 N–H and O–H groups in total. The number of fused-ring (bicyclic) bond motifs is 8. The third kappa shape index (κ3) is 5.86. The number of carbonyl (C=O) groups is 2. The molecule has 3 aromatic heterocycles. The van der Waals surface area contributed by atoms with Crippen molar-refractivity contribution in [2.75, 3.05) is 0 Å². The molecule has 0 aromatic carbocycles. The average Bonchev–Trinajstić information content (AvgIpc) is 3.59. The summed E-state index contributed by atoms with van der Waals surface area (Å²) in [6.45, 7) is 12.0. The van der Waals surface area contributed by atoms with Crippen molar-refractivity contribution < 1.29 is 42.0 Å². The maximum Gasteiger partial charge on any atom is 4.00 e. The number of carboxylic acids is 2. The fourth-order valence-corrected chi connectivity index (χ4v) is 6.21. The normalized spacial score (nSPS) is 22.8. The zero-order valence-corrected chi connectivity index (χ0v) is 27.0. The molecule has 5 heterocycles. The van der Waals surface area contributed by atoms with Gasteiger partial charge in [0.15, 0.2) is 0 Å². The smallest absolute Gasteiger partial charge is 0.662 e. The Balaban J connectivity index is 0.00000442. The molecule has 10 heteroatoms. The van der Waals surface area contributed by atoms with E-state index in [1.807, 2.05) is 58.9 Å². The minimum atomic E-state index is -0.906. The molecule has 0 spiro atoms. The minimum Gasteiger partial charge on any atom is -0.662 e. The summed E-state index contributed by atoms with van der Waals surface area (Å²) in [5.41, 5.74) is 8.82. The van der Waals surface area contributed by atoms with Crippen molar-refractivity contribution >= 4 is 36.2 Å². The number of carboxylic acid groups (broad SMARTS) is 2. The van der Waals surface area contributed by atoms with Crippen LogP contribution in [0.25, 0.3) is 29.6 Å². The van der Waals surface area contributed by atoms with E-state index in [1.165, 1.54) is 0 Å². The van der Waals surface area contributed by atoms with Gasteiger partial charge in [-0.15, -0.1) is 39.2 Å². The Morgan fingerprint density at radius 1 is 0.750 bits per heavy atom. The first-order chi connectivity index (χ1) is 20.4. The molecule has 0 amide bonds. The second kappa shape index (κ2) is 12.7. The van der Waals surface area contributed by atoms with Gasteiger partial charge in [-0.3, -0.25) is 9.59 Å². The van der Waals surface area contributed by atoms with Gasteiger partial charge in [-0.2, -0.15) is 5.70 Å². The molecule has 1 unspecified atom stereocenters. The average molecular weight is 639 g/mol. The largest absolute Gasteiger partial charge is 4.00 e. The fourth-order valence-electron chi connectivity index (χ4n) is 6.21. The van der Waals surface area contributed by atoms with Crippen LogP contribution in [0.15, 0.2) is 11.4 Å². The molecular formula is C34H38FeN4O5. The number of rotatable bonds is 8. The van der Waals surface area contributed by atoms with Crippen molar-refractivity contribution in [1.29, 1.82) is 0 Å². The number of aromatic nitrogens is 3. The first kappa shape index (κ1) is 33.2. The summed E-state index contributed by atoms with van der Waals surface area (Å²) in [7, 11) is 0.